The van der Waals surface area contributed by atoms with Gasteiger partial charge in [-0.1, -0.05) is 66.7 Å². The zero-order valence-corrected chi connectivity index (χ0v) is 13.1. The molecule has 1 aliphatic rings. The third-order valence-corrected chi connectivity index (χ3v) is 4.08. The summed E-state index contributed by atoms with van der Waals surface area (Å²) in [7, 11) is 0. The van der Waals surface area contributed by atoms with Crippen molar-refractivity contribution in [1.29, 1.82) is 0 Å². The molecular weight excluding hydrogens is 296 g/mol. The number of hydrogen-bond acceptors (Lipinski definition) is 2. The van der Waals surface area contributed by atoms with E-state index in [4.69, 9.17) is 0 Å². The molecule has 3 nitrogen and oxygen atoms in total. The van der Waals surface area contributed by atoms with Gasteiger partial charge in [0.05, 0.1) is 11.4 Å². The van der Waals surface area contributed by atoms with Crippen LogP contribution in [-0.4, -0.2) is 18.2 Å². The van der Waals surface area contributed by atoms with Crippen molar-refractivity contribution in [1.82, 2.24) is 0 Å². The van der Waals surface area contributed by atoms with Crippen LogP contribution in [0.2, 0.25) is 0 Å². The maximum absolute atomic E-state index is 12.8. The van der Waals surface area contributed by atoms with Crippen LogP contribution in [0.3, 0.4) is 0 Å². The first kappa shape index (κ1) is 14.4. The SMILES string of the molecule is O=C1CN=C(c2ccccc2)c2ccccc2N1c1ccccc1. The van der Waals surface area contributed by atoms with Gasteiger partial charge in [0.15, 0.2) is 0 Å². The van der Waals surface area contributed by atoms with E-state index < -0.39 is 0 Å². The second-order valence-electron chi connectivity index (χ2n) is 5.61. The average molecular weight is 312 g/mol. The Bertz CT molecular complexity index is 901. The first-order valence-corrected chi connectivity index (χ1v) is 7.92. The minimum atomic E-state index is -0.0282. The number of fused-ring (bicyclic) bond motifs is 1. The van der Waals surface area contributed by atoms with E-state index >= 15 is 0 Å². The Kier molecular flexibility index (Phi) is 3.67. The predicted molar refractivity (Wildman–Crippen MR) is 97.0 cm³/mol. The number of nitrogens with zero attached hydrogens (tertiary/aromatic N) is 2. The number of benzodiazepines with no additional fused rings is 1. The number of rotatable bonds is 2. The average Bonchev–Trinajstić information content (AvgIpc) is 2.79. The van der Waals surface area contributed by atoms with Gasteiger partial charge in [-0.25, -0.2) is 0 Å². The summed E-state index contributed by atoms with van der Waals surface area (Å²) in [5.41, 5.74) is 4.58. The smallest absolute Gasteiger partial charge is 0.253 e. The van der Waals surface area contributed by atoms with Crippen LogP contribution in [0.25, 0.3) is 0 Å². The molecule has 4 rings (SSSR count). The van der Waals surface area contributed by atoms with Gasteiger partial charge >= 0.3 is 0 Å². The zero-order chi connectivity index (χ0) is 16.4. The second-order valence-corrected chi connectivity index (χ2v) is 5.61. The summed E-state index contributed by atoms with van der Waals surface area (Å²) in [5.74, 6) is -0.0282. The maximum Gasteiger partial charge on any atom is 0.253 e. The van der Waals surface area contributed by atoms with E-state index in [1.165, 1.54) is 0 Å². The van der Waals surface area contributed by atoms with Crippen LogP contribution >= 0.6 is 0 Å². The van der Waals surface area contributed by atoms with Gasteiger partial charge in [-0.05, 0) is 18.2 Å². The van der Waals surface area contributed by atoms with Crippen molar-refractivity contribution in [3.8, 4) is 0 Å². The molecule has 0 spiro atoms. The summed E-state index contributed by atoms with van der Waals surface area (Å²) >= 11 is 0. The predicted octanol–water partition coefficient (Wildman–Crippen LogP) is 4.20. The molecule has 24 heavy (non-hydrogen) atoms. The molecule has 0 aromatic heterocycles. The Morgan fingerprint density at radius 2 is 1.38 bits per heavy atom. The molecule has 3 aromatic rings. The fourth-order valence-corrected chi connectivity index (χ4v) is 3.01. The van der Waals surface area contributed by atoms with Crippen LogP contribution in [-0.2, 0) is 4.79 Å². The van der Waals surface area contributed by atoms with Crippen LogP contribution in [0.15, 0.2) is 89.9 Å². The third-order valence-electron chi connectivity index (χ3n) is 4.08. The van der Waals surface area contributed by atoms with E-state index in [0.29, 0.717) is 0 Å². The minimum Gasteiger partial charge on any atom is -0.279 e. The Hall–Kier alpha value is -3.20. The molecule has 0 bridgehead atoms. The first-order chi connectivity index (χ1) is 11.8. The second kappa shape index (κ2) is 6.13. The number of aliphatic imine (C=N–C) groups is 1. The van der Waals surface area contributed by atoms with Crippen LogP contribution in [0.4, 0.5) is 11.4 Å². The van der Waals surface area contributed by atoms with E-state index in [1.54, 1.807) is 4.90 Å². The number of carbonyl (C=O) groups is 1. The number of amides is 1. The number of para-hydroxylation sites is 2. The lowest BCUT2D eigenvalue weighted by atomic mass is 10.00. The highest BCUT2D eigenvalue weighted by Crippen LogP contribution is 2.32. The highest BCUT2D eigenvalue weighted by molar-refractivity contribution is 6.20. The van der Waals surface area contributed by atoms with Gasteiger partial charge in [0.25, 0.3) is 5.91 Å². The van der Waals surface area contributed by atoms with Crippen molar-refractivity contribution in [2.45, 2.75) is 0 Å². The van der Waals surface area contributed by atoms with Crippen LogP contribution in [0.1, 0.15) is 11.1 Å². The normalized spacial score (nSPS) is 13.9. The molecule has 0 fully saturated rings. The first-order valence-electron chi connectivity index (χ1n) is 7.92. The van der Waals surface area contributed by atoms with Gasteiger partial charge in [0.1, 0.15) is 6.54 Å². The zero-order valence-electron chi connectivity index (χ0n) is 13.1. The molecule has 1 aliphatic heterocycles. The molecule has 0 saturated carbocycles. The molecule has 1 heterocycles. The largest absolute Gasteiger partial charge is 0.279 e. The number of hydrogen-bond donors (Lipinski definition) is 0. The van der Waals surface area contributed by atoms with Gasteiger partial charge in [-0.3, -0.25) is 14.7 Å². The van der Waals surface area contributed by atoms with Gasteiger partial charge < -0.3 is 0 Å². The topological polar surface area (TPSA) is 32.7 Å². The van der Waals surface area contributed by atoms with Gasteiger partial charge in [-0.2, -0.15) is 0 Å². The van der Waals surface area contributed by atoms with Crippen molar-refractivity contribution in [3.63, 3.8) is 0 Å². The molecule has 116 valence electrons. The van der Waals surface area contributed by atoms with E-state index in [9.17, 15) is 4.79 Å². The third kappa shape index (κ3) is 2.50. The molecule has 0 unspecified atom stereocenters. The summed E-state index contributed by atoms with van der Waals surface area (Å²) in [6, 6.07) is 27.7. The summed E-state index contributed by atoms with van der Waals surface area (Å²) in [6.07, 6.45) is 0. The van der Waals surface area contributed by atoms with Crippen molar-refractivity contribution < 1.29 is 4.79 Å². The van der Waals surface area contributed by atoms with Crippen LogP contribution in [0, 0.1) is 0 Å². The van der Waals surface area contributed by atoms with Crippen molar-refractivity contribution in [2.24, 2.45) is 4.99 Å². The van der Waals surface area contributed by atoms with Crippen molar-refractivity contribution in [3.05, 3.63) is 96.1 Å². The summed E-state index contributed by atoms with van der Waals surface area (Å²) in [4.78, 5) is 19.1. The highest BCUT2D eigenvalue weighted by atomic mass is 16.2. The maximum atomic E-state index is 12.8. The summed E-state index contributed by atoms with van der Waals surface area (Å²) < 4.78 is 0. The molecule has 0 saturated heterocycles. The molecule has 0 atom stereocenters. The van der Waals surface area contributed by atoms with Gasteiger partial charge in [-0.15, -0.1) is 0 Å². The molecule has 3 aromatic carbocycles. The van der Waals surface area contributed by atoms with E-state index in [0.717, 1.165) is 28.2 Å². The molecule has 3 heteroatoms. The minimum absolute atomic E-state index is 0.0282. The van der Waals surface area contributed by atoms with Crippen molar-refractivity contribution >= 4 is 23.0 Å². The number of benzene rings is 3. The number of anilines is 2. The lowest BCUT2D eigenvalue weighted by molar-refractivity contribution is -0.116. The fraction of sp³-hybridized carbons (Fsp3) is 0.0476. The Morgan fingerprint density at radius 3 is 2.12 bits per heavy atom. The molecular formula is C21H16N2O. The van der Waals surface area contributed by atoms with Gasteiger partial charge in [0.2, 0.25) is 0 Å². The Balaban J connectivity index is 1.91. The fourth-order valence-electron chi connectivity index (χ4n) is 3.01. The summed E-state index contributed by atoms with van der Waals surface area (Å²) in [6.45, 7) is 0.133. The summed E-state index contributed by atoms with van der Waals surface area (Å²) in [5, 5.41) is 0. The Labute approximate surface area is 140 Å². The van der Waals surface area contributed by atoms with Crippen LogP contribution < -0.4 is 4.90 Å². The number of carbonyl (C=O) groups excluding carboxylic acids is 1. The van der Waals surface area contributed by atoms with Gasteiger partial charge in [0, 0.05) is 16.8 Å². The standard InChI is InChI=1S/C21H16N2O/c24-20-15-22-21(16-9-3-1-4-10-16)18-13-7-8-14-19(18)23(20)17-11-5-2-6-12-17/h1-14H,15H2. The lowest BCUT2D eigenvalue weighted by Gasteiger charge is -2.23. The van der Waals surface area contributed by atoms with E-state index in [1.807, 2.05) is 84.9 Å². The Morgan fingerprint density at radius 1 is 0.750 bits per heavy atom. The molecule has 0 aliphatic carbocycles. The van der Waals surface area contributed by atoms with Crippen LogP contribution in [0.5, 0.6) is 0 Å². The molecule has 1 amide bonds. The molecule has 0 N–H and O–H groups in total. The lowest BCUT2D eigenvalue weighted by Crippen LogP contribution is -2.27. The monoisotopic (exact) mass is 312 g/mol. The molecule has 0 radical (unpaired) electrons. The van der Waals surface area contributed by atoms with E-state index in [2.05, 4.69) is 4.99 Å². The quantitative estimate of drug-likeness (QED) is 0.698. The van der Waals surface area contributed by atoms with E-state index in [-0.39, 0.29) is 12.5 Å². The van der Waals surface area contributed by atoms with Crippen molar-refractivity contribution in [2.75, 3.05) is 11.4 Å². The highest BCUT2D eigenvalue weighted by Gasteiger charge is 2.25.